The van der Waals surface area contributed by atoms with Crippen molar-refractivity contribution in [3.8, 4) is 0 Å². The molecule has 3 nitrogen and oxygen atoms in total. The van der Waals surface area contributed by atoms with Crippen molar-refractivity contribution in [3.05, 3.63) is 24.8 Å². The first-order chi connectivity index (χ1) is 6.31. The first kappa shape index (κ1) is 11.8. The number of allylic oxidation sites excluding steroid dienone is 2. The summed E-state index contributed by atoms with van der Waals surface area (Å²) >= 11 is 0. The van der Waals surface area contributed by atoms with Crippen LogP contribution in [0.25, 0.3) is 0 Å². The molecule has 0 saturated heterocycles. The Kier molecular flexibility index (Phi) is 7.99. The van der Waals surface area contributed by atoms with Gasteiger partial charge in [-0.25, -0.2) is 4.79 Å². The number of unbranched alkanes of at least 4 members (excludes halogenated alkanes) is 2. The van der Waals surface area contributed by atoms with Crippen molar-refractivity contribution in [3.63, 3.8) is 0 Å². The molecule has 74 valence electrons. The summed E-state index contributed by atoms with van der Waals surface area (Å²) < 4.78 is 8.92. The van der Waals surface area contributed by atoms with Gasteiger partial charge in [0.05, 0.1) is 7.11 Å². The van der Waals surface area contributed by atoms with Gasteiger partial charge < -0.3 is 9.47 Å². The molecule has 0 bridgehead atoms. The monoisotopic (exact) mass is 184 g/mol. The molecule has 0 aliphatic heterocycles. The second kappa shape index (κ2) is 8.84. The van der Waals surface area contributed by atoms with Crippen LogP contribution in [0.5, 0.6) is 0 Å². The molecule has 0 N–H and O–H groups in total. The van der Waals surface area contributed by atoms with E-state index in [1.165, 1.54) is 7.11 Å². The van der Waals surface area contributed by atoms with E-state index in [-0.39, 0.29) is 6.61 Å². The molecule has 0 aliphatic rings. The zero-order valence-electron chi connectivity index (χ0n) is 7.99. The highest BCUT2D eigenvalue weighted by Gasteiger charge is 1.94. The van der Waals surface area contributed by atoms with Crippen LogP contribution in [-0.2, 0) is 9.47 Å². The Hall–Kier alpha value is -1.25. The van der Waals surface area contributed by atoms with E-state index in [2.05, 4.69) is 16.1 Å². The van der Waals surface area contributed by atoms with Gasteiger partial charge in [0.15, 0.2) is 0 Å². The topological polar surface area (TPSA) is 35.5 Å². The highest BCUT2D eigenvalue weighted by molar-refractivity contribution is 5.59. The van der Waals surface area contributed by atoms with E-state index >= 15 is 0 Å². The maximum atomic E-state index is 10.5. The minimum absolute atomic E-state index is 0.279. The molecule has 0 aromatic heterocycles. The molecule has 13 heavy (non-hydrogen) atoms. The third kappa shape index (κ3) is 8.66. The Bertz CT molecular complexity index is 173. The summed E-state index contributed by atoms with van der Waals surface area (Å²) in [5.74, 6) is 0. The van der Waals surface area contributed by atoms with Gasteiger partial charge in [-0.1, -0.05) is 18.2 Å². The molecular formula is C10H16O3. The Morgan fingerprint density at radius 3 is 2.77 bits per heavy atom. The van der Waals surface area contributed by atoms with E-state index in [4.69, 9.17) is 0 Å². The first-order valence-corrected chi connectivity index (χ1v) is 4.28. The lowest BCUT2D eigenvalue weighted by molar-refractivity contribution is 0.0817. The molecule has 0 saturated carbocycles. The summed E-state index contributed by atoms with van der Waals surface area (Å²) in [4.78, 5) is 10.5. The van der Waals surface area contributed by atoms with Crippen LogP contribution in [0.3, 0.4) is 0 Å². The van der Waals surface area contributed by atoms with Crippen molar-refractivity contribution >= 4 is 6.16 Å². The molecule has 0 spiro atoms. The normalized spacial score (nSPS) is 9.92. The van der Waals surface area contributed by atoms with Gasteiger partial charge in [-0.05, 0) is 19.3 Å². The quantitative estimate of drug-likeness (QED) is 0.361. The van der Waals surface area contributed by atoms with Crippen LogP contribution < -0.4 is 0 Å². The van der Waals surface area contributed by atoms with Crippen LogP contribution in [0.1, 0.15) is 19.3 Å². The molecule has 0 fully saturated rings. The predicted octanol–water partition coefficient (Wildman–Crippen LogP) is 2.68. The highest BCUT2D eigenvalue weighted by atomic mass is 16.7. The number of rotatable bonds is 6. The molecule has 0 aromatic rings. The van der Waals surface area contributed by atoms with Crippen LogP contribution >= 0.6 is 0 Å². The van der Waals surface area contributed by atoms with Gasteiger partial charge in [0.25, 0.3) is 0 Å². The van der Waals surface area contributed by atoms with Gasteiger partial charge in [-0.15, -0.1) is 6.58 Å². The smallest absolute Gasteiger partial charge is 0.438 e. The Morgan fingerprint density at radius 1 is 1.38 bits per heavy atom. The maximum absolute atomic E-state index is 10.5. The van der Waals surface area contributed by atoms with E-state index in [0.29, 0.717) is 0 Å². The molecular weight excluding hydrogens is 168 g/mol. The number of carbonyl (C=O) groups is 1. The third-order valence-corrected chi connectivity index (χ3v) is 1.41. The van der Waals surface area contributed by atoms with Gasteiger partial charge >= 0.3 is 6.16 Å². The zero-order valence-corrected chi connectivity index (χ0v) is 7.99. The molecule has 0 amide bonds. The average Bonchev–Trinajstić information content (AvgIpc) is 2.16. The van der Waals surface area contributed by atoms with Gasteiger partial charge in [-0.3, -0.25) is 0 Å². The van der Waals surface area contributed by atoms with Crippen molar-refractivity contribution in [1.29, 1.82) is 0 Å². The fourth-order valence-electron chi connectivity index (χ4n) is 0.741. The molecule has 0 radical (unpaired) electrons. The van der Waals surface area contributed by atoms with E-state index < -0.39 is 6.16 Å². The largest absolute Gasteiger partial charge is 0.508 e. The van der Waals surface area contributed by atoms with Crippen LogP contribution in [0.4, 0.5) is 4.79 Å². The van der Waals surface area contributed by atoms with Crippen molar-refractivity contribution in [2.24, 2.45) is 0 Å². The highest BCUT2D eigenvalue weighted by Crippen LogP contribution is 1.96. The van der Waals surface area contributed by atoms with E-state index in [0.717, 1.165) is 19.3 Å². The predicted molar refractivity (Wildman–Crippen MR) is 51.5 cm³/mol. The number of hydrogen-bond donors (Lipinski definition) is 0. The number of carbonyl (C=O) groups excluding carboxylic acids is 1. The minimum Gasteiger partial charge on any atom is -0.438 e. The molecule has 0 aromatic carbocycles. The lowest BCUT2D eigenvalue weighted by atomic mass is 10.2. The van der Waals surface area contributed by atoms with E-state index in [9.17, 15) is 4.79 Å². The Morgan fingerprint density at radius 2 is 2.15 bits per heavy atom. The van der Waals surface area contributed by atoms with E-state index in [1.54, 1.807) is 6.08 Å². The van der Waals surface area contributed by atoms with Crippen LogP contribution in [0.2, 0.25) is 0 Å². The van der Waals surface area contributed by atoms with Crippen LogP contribution in [-0.4, -0.2) is 19.9 Å². The van der Waals surface area contributed by atoms with Gasteiger partial charge in [0.2, 0.25) is 0 Å². The molecule has 0 unspecified atom stereocenters. The summed E-state index contributed by atoms with van der Waals surface area (Å²) in [6.07, 6.45) is 8.11. The SMILES string of the molecule is C=CCCC/C=C/COC(=O)OC. The first-order valence-electron chi connectivity index (χ1n) is 4.28. The third-order valence-electron chi connectivity index (χ3n) is 1.41. The number of ether oxygens (including phenoxy) is 2. The summed E-state index contributed by atoms with van der Waals surface area (Å²) in [5.41, 5.74) is 0. The standard InChI is InChI=1S/C10H16O3/c1-3-4-5-6-7-8-9-13-10(11)12-2/h3,7-8H,1,4-6,9H2,2H3/b8-7+. The molecule has 0 heterocycles. The lowest BCUT2D eigenvalue weighted by Crippen LogP contribution is -2.03. The second-order valence-corrected chi connectivity index (χ2v) is 2.46. The van der Waals surface area contributed by atoms with Gasteiger partial charge in [0, 0.05) is 0 Å². The summed E-state index contributed by atoms with van der Waals surface area (Å²) in [7, 11) is 1.29. The Labute approximate surface area is 79.0 Å². The summed E-state index contributed by atoms with van der Waals surface area (Å²) in [5, 5.41) is 0. The Balaban J connectivity index is 3.21. The van der Waals surface area contributed by atoms with Crippen molar-refractivity contribution in [2.75, 3.05) is 13.7 Å². The van der Waals surface area contributed by atoms with Gasteiger partial charge in [-0.2, -0.15) is 0 Å². The van der Waals surface area contributed by atoms with Gasteiger partial charge in [0.1, 0.15) is 6.61 Å². The summed E-state index contributed by atoms with van der Waals surface area (Å²) in [6.45, 7) is 3.90. The average molecular weight is 184 g/mol. The van der Waals surface area contributed by atoms with E-state index in [1.807, 2.05) is 12.2 Å². The zero-order chi connectivity index (χ0) is 9.94. The van der Waals surface area contributed by atoms with Crippen LogP contribution in [0.15, 0.2) is 24.8 Å². The minimum atomic E-state index is -0.643. The number of methoxy groups -OCH3 is 1. The van der Waals surface area contributed by atoms with Crippen molar-refractivity contribution < 1.29 is 14.3 Å². The number of hydrogen-bond acceptors (Lipinski definition) is 3. The lowest BCUT2D eigenvalue weighted by Gasteiger charge is -1.97. The molecule has 3 heteroatoms. The van der Waals surface area contributed by atoms with Crippen LogP contribution in [0, 0.1) is 0 Å². The van der Waals surface area contributed by atoms with Crippen molar-refractivity contribution in [1.82, 2.24) is 0 Å². The molecule has 0 aliphatic carbocycles. The molecule has 0 atom stereocenters. The molecule has 0 rings (SSSR count). The van der Waals surface area contributed by atoms with Crippen molar-refractivity contribution in [2.45, 2.75) is 19.3 Å². The summed E-state index contributed by atoms with van der Waals surface area (Å²) in [6, 6.07) is 0. The second-order valence-electron chi connectivity index (χ2n) is 2.46. The fraction of sp³-hybridized carbons (Fsp3) is 0.500. The maximum Gasteiger partial charge on any atom is 0.508 e. The fourth-order valence-corrected chi connectivity index (χ4v) is 0.741.